The topological polar surface area (TPSA) is 32.7 Å². The Morgan fingerprint density at radius 3 is 2.17 bits per heavy atom. The number of hydrogen-bond acceptors (Lipinski definition) is 3. The molecule has 2 aromatic carbocycles. The van der Waals surface area contributed by atoms with Gasteiger partial charge >= 0.3 is 0 Å². The minimum Gasteiger partial charge on any atom is -0.508 e. The first kappa shape index (κ1) is 32.2. The van der Waals surface area contributed by atoms with Gasteiger partial charge in [0.25, 0.3) is 0 Å². The molecule has 2 heterocycles. The summed E-state index contributed by atoms with van der Waals surface area (Å²) in [5.74, 6) is 0.470. The van der Waals surface area contributed by atoms with Crippen LogP contribution in [0.15, 0.2) is 48.5 Å². The predicted molar refractivity (Wildman–Crippen MR) is 157 cm³/mol. The summed E-state index contributed by atoms with van der Waals surface area (Å²) in [7, 11) is 0. The van der Waals surface area contributed by atoms with E-state index in [0.717, 1.165) is 38.8 Å². The average molecular weight is 498 g/mol. The SMILES string of the molecule is C.CC.CC.CC.CC12CCN(CC3CCC(c4ccccc4)O3)C(Cc3c(O)cccc31)C2(C)C. The fourth-order valence-corrected chi connectivity index (χ4v) is 6.27. The molecule has 0 aromatic heterocycles. The number of phenols is 1. The highest BCUT2D eigenvalue weighted by Crippen LogP contribution is 2.57. The molecule has 204 valence electrons. The van der Waals surface area contributed by atoms with E-state index in [9.17, 15) is 5.11 Å². The maximum atomic E-state index is 10.6. The summed E-state index contributed by atoms with van der Waals surface area (Å²) in [4.78, 5) is 2.66. The summed E-state index contributed by atoms with van der Waals surface area (Å²) >= 11 is 0. The maximum Gasteiger partial charge on any atom is 0.119 e. The van der Waals surface area contributed by atoms with Crippen molar-refractivity contribution in [1.82, 2.24) is 4.90 Å². The lowest BCUT2D eigenvalue weighted by atomic mass is 9.51. The largest absolute Gasteiger partial charge is 0.508 e. The van der Waals surface area contributed by atoms with E-state index in [4.69, 9.17) is 4.74 Å². The van der Waals surface area contributed by atoms with Crippen LogP contribution in [-0.2, 0) is 16.6 Å². The molecule has 2 saturated heterocycles. The van der Waals surface area contributed by atoms with Crippen LogP contribution in [0.3, 0.4) is 0 Å². The first-order valence-corrected chi connectivity index (χ1v) is 14.2. The number of piperidine rings is 1. The van der Waals surface area contributed by atoms with Gasteiger partial charge in [0.2, 0.25) is 0 Å². The highest BCUT2D eigenvalue weighted by atomic mass is 16.5. The van der Waals surface area contributed by atoms with E-state index in [1.165, 1.54) is 16.7 Å². The molecule has 2 aromatic rings. The number of phenolic OH excluding ortho intramolecular Hbond substituents is 1. The van der Waals surface area contributed by atoms with Crippen molar-refractivity contribution >= 4 is 0 Å². The summed E-state index contributed by atoms with van der Waals surface area (Å²) in [6, 6.07) is 17.2. The second kappa shape index (κ2) is 14.2. The second-order valence-corrected chi connectivity index (χ2v) is 10.1. The van der Waals surface area contributed by atoms with Gasteiger partial charge in [0, 0.05) is 18.0 Å². The zero-order chi connectivity index (χ0) is 26.2. The Hall–Kier alpha value is -1.84. The Labute approximate surface area is 223 Å². The normalized spacial score (nSPS) is 27.4. The van der Waals surface area contributed by atoms with Crippen LogP contribution in [0.4, 0.5) is 0 Å². The van der Waals surface area contributed by atoms with Gasteiger partial charge in [0.15, 0.2) is 0 Å². The third-order valence-electron chi connectivity index (χ3n) is 8.46. The summed E-state index contributed by atoms with van der Waals surface area (Å²) in [5, 5.41) is 10.6. The Bertz CT molecular complexity index is 894. The number of benzene rings is 2. The molecule has 1 N–H and O–H groups in total. The number of ether oxygens (including phenoxy) is 1. The van der Waals surface area contributed by atoms with E-state index in [2.05, 4.69) is 62.1 Å². The van der Waals surface area contributed by atoms with Crippen LogP contribution in [-0.4, -0.2) is 35.2 Å². The quantitative estimate of drug-likeness (QED) is 0.459. The van der Waals surface area contributed by atoms with Crippen LogP contribution >= 0.6 is 0 Å². The lowest BCUT2D eigenvalue weighted by Gasteiger charge is -2.61. The molecule has 3 aliphatic rings. The third-order valence-corrected chi connectivity index (χ3v) is 8.46. The molecule has 0 amide bonds. The van der Waals surface area contributed by atoms with Gasteiger partial charge < -0.3 is 9.84 Å². The van der Waals surface area contributed by atoms with Crippen molar-refractivity contribution in [3.63, 3.8) is 0 Å². The van der Waals surface area contributed by atoms with Crippen LogP contribution in [0, 0.1) is 5.41 Å². The van der Waals surface area contributed by atoms with Gasteiger partial charge in [-0.15, -0.1) is 0 Å². The van der Waals surface area contributed by atoms with Gasteiger partial charge in [0.05, 0.1) is 12.2 Å². The van der Waals surface area contributed by atoms with Crippen molar-refractivity contribution < 1.29 is 9.84 Å². The first-order valence-electron chi connectivity index (χ1n) is 14.2. The van der Waals surface area contributed by atoms with Crippen LogP contribution in [0.1, 0.15) is 112 Å². The van der Waals surface area contributed by atoms with E-state index in [1.54, 1.807) is 0 Å². The Kier molecular flexibility index (Phi) is 12.7. The number of rotatable bonds is 3. The van der Waals surface area contributed by atoms with Gasteiger partial charge in [-0.1, -0.05) is 112 Å². The monoisotopic (exact) mass is 497 g/mol. The van der Waals surface area contributed by atoms with Crippen LogP contribution in [0.5, 0.6) is 5.75 Å². The van der Waals surface area contributed by atoms with Crippen molar-refractivity contribution in [2.45, 2.75) is 119 Å². The van der Waals surface area contributed by atoms with Gasteiger partial charge in [-0.3, -0.25) is 4.90 Å². The molecule has 1 aliphatic carbocycles. The van der Waals surface area contributed by atoms with Crippen molar-refractivity contribution in [1.29, 1.82) is 0 Å². The van der Waals surface area contributed by atoms with Gasteiger partial charge in [-0.25, -0.2) is 0 Å². The van der Waals surface area contributed by atoms with Crippen LogP contribution in [0.2, 0.25) is 0 Å². The maximum absolute atomic E-state index is 10.6. The minimum absolute atomic E-state index is 0. The van der Waals surface area contributed by atoms with E-state index >= 15 is 0 Å². The average Bonchev–Trinajstić information content (AvgIpc) is 3.36. The molecule has 0 spiro atoms. The molecular formula is C33H55NO2. The van der Waals surface area contributed by atoms with E-state index in [1.807, 2.05) is 53.7 Å². The van der Waals surface area contributed by atoms with Crippen molar-refractivity contribution in [3.05, 3.63) is 65.2 Å². The second-order valence-electron chi connectivity index (χ2n) is 10.1. The summed E-state index contributed by atoms with van der Waals surface area (Å²) < 4.78 is 6.48. The first-order chi connectivity index (χ1) is 16.9. The summed E-state index contributed by atoms with van der Waals surface area (Å²) in [6.07, 6.45) is 4.83. The highest BCUT2D eigenvalue weighted by molar-refractivity contribution is 5.48. The van der Waals surface area contributed by atoms with Crippen LogP contribution < -0.4 is 0 Å². The standard InChI is InChI=1S/C26H33NO2.3C2H6.CH4/c1-25(2)24-16-20-21(10-7-11-22(20)28)26(25,3)14-15-27(24)17-19-12-13-23(29-19)18-8-5-4-6-9-18;3*1-2;/h4-11,19,23-24,28H,12-17H2,1-3H3;3*1-2H3;1H4. The zero-order valence-corrected chi connectivity index (χ0v) is 23.9. The van der Waals surface area contributed by atoms with Gasteiger partial charge in [-0.2, -0.15) is 0 Å². The van der Waals surface area contributed by atoms with Crippen molar-refractivity contribution in [2.24, 2.45) is 5.41 Å². The Morgan fingerprint density at radius 2 is 1.53 bits per heavy atom. The third kappa shape index (κ3) is 6.00. The Morgan fingerprint density at radius 1 is 0.889 bits per heavy atom. The molecule has 5 rings (SSSR count). The highest BCUT2D eigenvalue weighted by Gasteiger charge is 2.56. The molecule has 0 saturated carbocycles. The Balaban J connectivity index is 0.000000864. The van der Waals surface area contributed by atoms with Crippen LogP contribution in [0.25, 0.3) is 0 Å². The molecule has 3 nitrogen and oxygen atoms in total. The number of likely N-dealkylation sites (tertiary alicyclic amines) is 1. The molecule has 2 bridgehead atoms. The van der Waals surface area contributed by atoms with E-state index in [-0.39, 0.29) is 24.4 Å². The fourth-order valence-electron chi connectivity index (χ4n) is 6.27. The summed E-state index contributed by atoms with van der Waals surface area (Å²) in [6.45, 7) is 21.4. The molecule has 36 heavy (non-hydrogen) atoms. The molecule has 4 unspecified atom stereocenters. The van der Waals surface area contributed by atoms with E-state index in [0.29, 0.717) is 17.9 Å². The summed E-state index contributed by atoms with van der Waals surface area (Å²) in [5.41, 5.74) is 4.09. The van der Waals surface area contributed by atoms with Crippen molar-refractivity contribution in [2.75, 3.05) is 13.1 Å². The van der Waals surface area contributed by atoms with Gasteiger partial charge in [0.1, 0.15) is 5.75 Å². The molecule has 3 heteroatoms. The molecule has 4 atom stereocenters. The molecule has 0 radical (unpaired) electrons. The molecule has 2 fully saturated rings. The van der Waals surface area contributed by atoms with Gasteiger partial charge in [-0.05, 0) is 60.4 Å². The van der Waals surface area contributed by atoms with Crippen molar-refractivity contribution in [3.8, 4) is 5.75 Å². The number of aromatic hydroxyl groups is 1. The lowest BCUT2D eigenvalue weighted by molar-refractivity contribution is -0.0647. The molecule has 2 aliphatic heterocycles. The fraction of sp³-hybridized carbons (Fsp3) is 0.636. The zero-order valence-electron chi connectivity index (χ0n) is 23.9. The molecular weight excluding hydrogens is 442 g/mol. The van der Waals surface area contributed by atoms with E-state index < -0.39 is 0 Å². The number of hydrogen-bond donors (Lipinski definition) is 1. The lowest BCUT2D eigenvalue weighted by Crippen LogP contribution is -2.64. The smallest absolute Gasteiger partial charge is 0.119 e. The number of fused-ring (bicyclic) bond motifs is 4. The minimum atomic E-state index is 0. The predicted octanol–water partition coefficient (Wildman–Crippen LogP) is 8.94. The number of nitrogens with zero attached hydrogens (tertiary/aromatic N) is 1.